The molecule has 1 heterocycles. The summed E-state index contributed by atoms with van der Waals surface area (Å²) in [6.07, 6.45) is 3.86. The van der Waals surface area contributed by atoms with Crippen LogP contribution in [-0.4, -0.2) is 28.7 Å². The van der Waals surface area contributed by atoms with E-state index in [9.17, 15) is 4.79 Å². The first kappa shape index (κ1) is 11.5. The van der Waals surface area contributed by atoms with E-state index in [1.54, 1.807) is 6.26 Å². The molecule has 0 saturated heterocycles. The lowest BCUT2D eigenvalue weighted by Gasteiger charge is -2.12. The summed E-state index contributed by atoms with van der Waals surface area (Å²) in [7, 11) is 0. The highest BCUT2D eigenvalue weighted by molar-refractivity contribution is 7.99. The molecule has 88 valence electrons. The number of aryl methyl sites for hydroxylation is 1. The van der Waals surface area contributed by atoms with Crippen LogP contribution >= 0.6 is 11.8 Å². The summed E-state index contributed by atoms with van der Waals surface area (Å²) in [6.45, 7) is 1.86. The molecular weight excluding hydrogens is 226 g/mol. The fourth-order valence-corrected chi connectivity index (χ4v) is 2.19. The lowest BCUT2D eigenvalue weighted by Crippen LogP contribution is -2.44. The van der Waals surface area contributed by atoms with Gasteiger partial charge in [0.25, 0.3) is 5.22 Å². The number of primary amides is 1. The molecule has 1 amide bonds. The van der Waals surface area contributed by atoms with Crippen LogP contribution in [0.2, 0.25) is 0 Å². The van der Waals surface area contributed by atoms with Crippen LogP contribution in [0.25, 0.3) is 0 Å². The SMILES string of the molecule is Cc1coc(SCC(NC2CC2)C(N)=O)n1. The summed E-state index contributed by atoms with van der Waals surface area (Å²) in [5.74, 6) is 0.244. The molecule has 1 aliphatic rings. The number of nitrogens with zero attached hydrogens (tertiary/aromatic N) is 1. The van der Waals surface area contributed by atoms with Crippen molar-refractivity contribution in [1.29, 1.82) is 0 Å². The average molecular weight is 241 g/mol. The molecule has 1 saturated carbocycles. The maximum atomic E-state index is 11.2. The zero-order chi connectivity index (χ0) is 11.5. The molecule has 2 rings (SSSR count). The second-order valence-corrected chi connectivity index (χ2v) is 4.93. The third-order valence-electron chi connectivity index (χ3n) is 2.33. The van der Waals surface area contributed by atoms with Crippen LogP contribution in [0.15, 0.2) is 15.9 Å². The fourth-order valence-electron chi connectivity index (χ4n) is 1.30. The number of thioether (sulfide) groups is 1. The first-order valence-corrected chi connectivity index (χ1v) is 6.24. The monoisotopic (exact) mass is 241 g/mol. The van der Waals surface area contributed by atoms with Crippen molar-refractivity contribution in [3.05, 3.63) is 12.0 Å². The Bertz CT molecular complexity index is 376. The van der Waals surface area contributed by atoms with Crippen molar-refractivity contribution in [3.63, 3.8) is 0 Å². The summed E-state index contributed by atoms with van der Waals surface area (Å²) >= 11 is 1.41. The smallest absolute Gasteiger partial charge is 0.255 e. The topological polar surface area (TPSA) is 81.1 Å². The Hall–Kier alpha value is -1.01. The molecule has 1 aromatic rings. The van der Waals surface area contributed by atoms with Crippen molar-refractivity contribution < 1.29 is 9.21 Å². The standard InChI is InChI=1S/C10H15N3O2S/c1-6-4-15-10(12-6)16-5-8(9(11)14)13-7-2-3-7/h4,7-8,13H,2-3,5H2,1H3,(H2,11,14). The number of nitrogens with two attached hydrogens (primary N) is 1. The largest absolute Gasteiger partial charge is 0.440 e. The summed E-state index contributed by atoms with van der Waals surface area (Å²) in [5.41, 5.74) is 6.16. The van der Waals surface area contributed by atoms with E-state index in [1.165, 1.54) is 11.8 Å². The number of hydrogen-bond acceptors (Lipinski definition) is 5. The van der Waals surface area contributed by atoms with Gasteiger partial charge in [0.2, 0.25) is 5.91 Å². The summed E-state index contributed by atoms with van der Waals surface area (Å²) in [5, 5.41) is 3.79. The lowest BCUT2D eigenvalue weighted by molar-refractivity contribution is -0.119. The summed E-state index contributed by atoms with van der Waals surface area (Å²) < 4.78 is 5.19. The van der Waals surface area contributed by atoms with Gasteiger partial charge in [-0.2, -0.15) is 0 Å². The van der Waals surface area contributed by atoms with Gasteiger partial charge in [-0.1, -0.05) is 11.8 Å². The zero-order valence-electron chi connectivity index (χ0n) is 9.10. The first-order chi connectivity index (χ1) is 7.65. The van der Waals surface area contributed by atoms with Crippen LogP contribution in [0, 0.1) is 6.92 Å². The second-order valence-electron chi connectivity index (χ2n) is 3.96. The van der Waals surface area contributed by atoms with E-state index in [-0.39, 0.29) is 11.9 Å². The molecule has 1 atom stereocenters. The molecule has 0 spiro atoms. The third kappa shape index (κ3) is 3.24. The molecule has 0 aromatic carbocycles. The van der Waals surface area contributed by atoms with E-state index in [1.807, 2.05) is 6.92 Å². The van der Waals surface area contributed by atoms with Gasteiger partial charge in [-0.15, -0.1) is 0 Å². The van der Waals surface area contributed by atoms with Crippen molar-refractivity contribution in [3.8, 4) is 0 Å². The molecule has 16 heavy (non-hydrogen) atoms. The van der Waals surface area contributed by atoms with Crippen LogP contribution in [0.1, 0.15) is 18.5 Å². The van der Waals surface area contributed by atoms with E-state index < -0.39 is 0 Å². The minimum atomic E-state index is -0.317. The molecule has 1 fully saturated rings. The van der Waals surface area contributed by atoms with E-state index in [0.29, 0.717) is 17.0 Å². The Balaban J connectivity index is 1.83. The predicted octanol–water partition coefficient (Wildman–Crippen LogP) is 0.681. The Kier molecular flexibility index (Phi) is 3.50. The fraction of sp³-hybridized carbons (Fsp3) is 0.600. The first-order valence-electron chi connectivity index (χ1n) is 5.25. The van der Waals surface area contributed by atoms with Gasteiger partial charge in [-0.3, -0.25) is 4.79 Å². The molecule has 1 aliphatic carbocycles. The highest BCUT2D eigenvalue weighted by Crippen LogP contribution is 2.22. The number of aromatic nitrogens is 1. The predicted molar refractivity (Wildman–Crippen MR) is 61.1 cm³/mol. The van der Waals surface area contributed by atoms with Crippen molar-refractivity contribution in [1.82, 2.24) is 10.3 Å². The maximum absolute atomic E-state index is 11.2. The van der Waals surface area contributed by atoms with Gasteiger partial charge < -0.3 is 15.5 Å². The van der Waals surface area contributed by atoms with E-state index in [2.05, 4.69) is 10.3 Å². The van der Waals surface area contributed by atoms with E-state index in [4.69, 9.17) is 10.2 Å². The minimum Gasteiger partial charge on any atom is -0.440 e. The highest BCUT2D eigenvalue weighted by Gasteiger charge is 2.27. The molecule has 5 nitrogen and oxygen atoms in total. The normalized spacial score (nSPS) is 17.3. The zero-order valence-corrected chi connectivity index (χ0v) is 9.92. The van der Waals surface area contributed by atoms with Crippen LogP contribution in [0.5, 0.6) is 0 Å². The van der Waals surface area contributed by atoms with Crippen molar-refractivity contribution in [2.75, 3.05) is 5.75 Å². The Morgan fingerprint density at radius 2 is 2.56 bits per heavy atom. The van der Waals surface area contributed by atoms with E-state index >= 15 is 0 Å². The van der Waals surface area contributed by atoms with E-state index in [0.717, 1.165) is 18.5 Å². The second kappa shape index (κ2) is 4.88. The molecule has 3 N–H and O–H groups in total. The molecule has 0 aliphatic heterocycles. The Morgan fingerprint density at radius 1 is 1.81 bits per heavy atom. The van der Waals surface area contributed by atoms with Crippen molar-refractivity contribution >= 4 is 17.7 Å². The van der Waals surface area contributed by atoms with Gasteiger partial charge in [0.15, 0.2) is 0 Å². The van der Waals surface area contributed by atoms with Crippen LogP contribution in [0.4, 0.5) is 0 Å². The van der Waals surface area contributed by atoms with Crippen molar-refractivity contribution in [2.45, 2.75) is 37.1 Å². The number of hydrogen-bond donors (Lipinski definition) is 2. The van der Waals surface area contributed by atoms with Crippen LogP contribution in [0.3, 0.4) is 0 Å². The minimum absolute atomic E-state index is 0.301. The highest BCUT2D eigenvalue weighted by atomic mass is 32.2. The van der Waals surface area contributed by atoms with Crippen molar-refractivity contribution in [2.24, 2.45) is 5.73 Å². The molecule has 0 bridgehead atoms. The Morgan fingerprint density at radius 3 is 3.06 bits per heavy atom. The molecule has 1 unspecified atom stereocenters. The van der Waals surface area contributed by atoms with Gasteiger partial charge in [-0.05, 0) is 19.8 Å². The quantitative estimate of drug-likeness (QED) is 0.716. The summed E-state index contributed by atoms with van der Waals surface area (Å²) in [6, 6.07) is 0.161. The average Bonchev–Trinajstić information content (AvgIpc) is 2.95. The maximum Gasteiger partial charge on any atom is 0.255 e. The number of amides is 1. The molecule has 6 heteroatoms. The summed E-state index contributed by atoms with van der Waals surface area (Å²) in [4.78, 5) is 15.3. The number of rotatable bonds is 6. The third-order valence-corrected chi connectivity index (χ3v) is 3.26. The Labute approximate surface area is 98.2 Å². The molecule has 1 aromatic heterocycles. The van der Waals surface area contributed by atoms with Gasteiger partial charge in [0.1, 0.15) is 6.26 Å². The molecule has 0 radical (unpaired) electrons. The van der Waals surface area contributed by atoms with Gasteiger partial charge >= 0.3 is 0 Å². The number of carbonyl (C=O) groups excluding carboxylic acids is 1. The van der Waals surface area contributed by atoms with Gasteiger partial charge in [-0.25, -0.2) is 4.98 Å². The van der Waals surface area contributed by atoms with Crippen LogP contribution in [-0.2, 0) is 4.79 Å². The number of carbonyl (C=O) groups is 1. The number of nitrogens with one attached hydrogen (secondary N) is 1. The van der Waals surface area contributed by atoms with Crippen LogP contribution < -0.4 is 11.1 Å². The van der Waals surface area contributed by atoms with Gasteiger partial charge in [0.05, 0.1) is 11.7 Å². The number of oxazole rings is 1. The lowest BCUT2D eigenvalue weighted by atomic mass is 10.3. The molecular formula is C10H15N3O2S. The van der Waals surface area contributed by atoms with Gasteiger partial charge in [0, 0.05) is 11.8 Å².